The van der Waals surface area contributed by atoms with E-state index in [4.69, 9.17) is 4.52 Å². The molecule has 1 atom stereocenters. The lowest BCUT2D eigenvalue weighted by Crippen LogP contribution is -2.18. The van der Waals surface area contributed by atoms with Gasteiger partial charge in [-0.3, -0.25) is 15.1 Å². The summed E-state index contributed by atoms with van der Waals surface area (Å²) in [5.41, 5.74) is 1.13. The number of hydrogen-bond acceptors (Lipinski definition) is 8. The molecule has 0 radical (unpaired) electrons. The minimum absolute atomic E-state index is 0.0191. The Labute approximate surface area is 149 Å². The highest BCUT2D eigenvalue weighted by Crippen LogP contribution is 2.27. The summed E-state index contributed by atoms with van der Waals surface area (Å²) in [6, 6.07) is 6.31. The second kappa shape index (κ2) is 7.26. The van der Waals surface area contributed by atoms with E-state index in [1.54, 1.807) is 37.5 Å². The van der Waals surface area contributed by atoms with Crippen LogP contribution in [0, 0.1) is 23.0 Å². The van der Waals surface area contributed by atoms with Crippen molar-refractivity contribution in [3.8, 4) is 11.4 Å². The van der Waals surface area contributed by atoms with Gasteiger partial charge < -0.3 is 9.84 Å². The first kappa shape index (κ1) is 17.5. The Kier molecular flexibility index (Phi) is 4.87. The summed E-state index contributed by atoms with van der Waals surface area (Å²) >= 11 is 0. The smallest absolute Gasteiger partial charge is 0.290 e. The maximum Gasteiger partial charge on any atom is 0.290 e. The van der Waals surface area contributed by atoms with Gasteiger partial charge in [0.05, 0.1) is 4.92 Å². The lowest BCUT2D eigenvalue weighted by Gasteiger charge is -2.19. The Morgan fingerprint density at radius 1 is 1.15 bits per heavy atom. The highest BCUT2D eigenvalue weighted by molar-refractivity contribution is 5.53. The number of rotatable bonds is 6. The molecule has 26 heavy (non-hydrogen) atoms. The maximum atomic E-state index is 10.9. The van der Waals surface area contributed by atoms with Crippen molar-refractivity contribution in [2.75, 3.05) is 5.32 Å². The van der Waals surface area contributed by atoms with Crippen LogP contribution in [0.4, 0.5) is 11.5 Å². The third-order valence-electron chi connectivity index (χ3n) is 3.87. The van der Waals surface area contributed by atoms with Gasteiger partial charge in [0, 0.05) is 24.0 Å². The van der Waals surface area contributed by atoms with E-state index in [1.807, 2.05) is 13.8 Å². The molecule has 3 heterocycles. The zero-order valence-corrected chi connectivity index (χ0v) is 14.6. The van der Waals surface area contributed by atoms with Gasteiger partial charge in [0.1, 0.15) is 17.6 Å². The average molecular weight is 354 g/mol. The van der Waals surface area contributed by atoms with Crippen molar-refractivity contribution in [3.63, 3.8) is 0 Å². The molecule has 134 valence electrons. The normalized spacial score (nSPS) is 12.2. The summed E-state index contributed by atoms with van der Waals surface area (Å²) < 4.78 is 5.43. The third kappa shape index (κ3) is 3.66. The Bertz CT molecular complexity index is 910. The summed E-state index contributed by atoms with van der Waals surface area (Å²) in [5.74, 6) is 1.53. The van der Waals surface area contributed by atoms with E-state index in [9.17, 15) is 10.1 Å². The molecular weight excluding hydrogens is 336 g/mol. The zero-order valence-electron chi connectivity index (χ0n) is 14.6. The van der Waals surface area contributed by atoms with Crippen molar-refractivity contribution in [3.05, 3.63) is 58.4 Å². The molecule has 0 spiro atoms. The SMILES string of the molecule is Cc1nc(NC(c2nc(-c3ccncc3)no2)C(C)C)ccc1[N+](=O)[O-]. The third-order valence-corrected chi connectivity index (χ3v) is 3.87. The molecule has 1 unspecified atom stereocenters. The molecule has 1 N–H and O–H groups in total. The van der Waals surface area contributed by atoms with E-state index in [0.29, 0.717) is 23.2 Å². The van der Waals surface area contributed by atoms with Crippen LogP contribution in [0.1, 0.15) is 31.5 Å². The Hall–Kier alpha value is -3.36. The van der Waals surface area contributed by atoms with Crippen molar-refractivity contribution in [2.45, 2.75) is 26.8 Å². The number of nitrogens with one attached hydrogen (secondary N) is 1. The van der Waals surface area contributed by atoms with Crippen LogP contribution in [-0.2, 0) is 0 Å². The van der Waals surface area contributed by atoms with Crippen LogP contribution >= 0.6 is 0 Å². The second-order valence-corrected chi connectivity index (χ2v) is 6.12. The van der Waals surface area contributed by atoms with Gasteiger partial charge in [0.2, 0.25) is 11.7 Å². The number of pyridine rings is 2. The molecule has 0 aromatic carbocycles. The van der Waals surface area contributed by atoms with Gasteiger partial charge in [-0.25, -0.2) is 4.98 Å². The molecule has 0 fully saturated rings. The van der Waals surface area contributed by atoms with Gasteiger partial charge >= 0.3 is 0 Å². The fourth-order valence-corrected chi connectivity index (χ4v) is 2.48. The van der Waals surface area contributed by atoms with Gasteiger partial charge in [-0.05, 0) is 31.0 Å². The summed E-state index contributed by atoms with van der Waals surface area (Å²) in [7, 11) is 0. The van der Waals surface area contributed by atoms with Crippen LogP contribution in [0.15, 0.2) is 41.2 Å². The van der Waals surface area contributed by atoms with E-state index in [-0.39, 0.29) is 17.6 Å². The number of aryl methyl sites for hydroxylation is 1. The van der Waals surface area contributed by atoms with Gasteiger partial charge in [0.25, 0.3) is 5.69 Å². The van der Waals surface area contributed by atoms with Gasteiger partial charge in [-0.15, -0.1) is 0 Å². The fourth-order valence-electron chi connectivity index (χ4n) is 2.48. The molecule has 3 aromatic rings. The predicted molar refractivity (Wildman–Crippen MR) is 94.4 cm³/mol. The summed E-state index contributed by atoms with van der Waals surface area (Å²) in [6.07, 6.45) is 3.32. The molecule has 3 rings (SSSR count). The second-order valence-electron chi connectivity index (χ2n) is 6.12. The zero-order chi connectivity index (χ0) is 18.7. The number of nitrogens with zero attached hydrogens (tertiary/aromatic N) is 5. The maximum absolute atomic E-state index is 10.9. The van der Waals surface area contributed by atoms with Crippen LogP contribution in [0.2, 0.25) is 0 Å². The topological polar surface area (TPSA) is 120 Å². The molecule has 0 saturated carbocycles. The summed E-state index contributed by atoms with van der Waals surface area (Å²) in [6.45, 7) is 5.61. The number of nitro groups is 1. The Morgan fingerprint density at radius 3 is 2.50 bits per heavy atom. The van der Waals surface area contributed by atoms with Crippen LogP contribution in [0.3, 0.4) is 0 Å². The lowest BCUT2D eigenvalue weighted by molar-refractivity contribution is -0.385. The molecular formula is C17H18N6O3. The first-order valence-electron chi connectivity index (χ1n) is 8.08. The molecule has 0 amide bonds. The van der Waals surface area contributed by atoms with Crippen LogP contribution in [0.5, 0.6) is 0 Å². The predicted octanol–water partition coefficient (Wildman–Crippen LogP) is 3.55. The van der Waals surface area contributed by atoms with Crippen molar-refractivity contribution in [2.24, 2.45) is 5.92 Å². The molecule has 0 bridgehead atoms. The quantitative estimate of drug-likeness (QED) is 0.527. The Morgan fingerprint density at radius 2 is 1.88 bits per heavy atom. The van der Waals surface area contributed by atoms with E-state index in [1.165, 1.54) is 6.07 Å². The lowest BCUT2D eigenvalue weighted by atomic mass is 10.0. The Balaban J connectivity index is 1.85. The van der Waals surface area contributed by atoms with Crippen molar-refractivity contribution in [1.82, 2.24) is 20.1 Å². The van der Waals surface area contributed by atoms with Crippen molar-refractivity contribution < 1.29 is 9.45 Å². The van der Waals surface area contributed by atoms with E-state index in [2.05, 4.69) is 25.4 Å². The molecule has 9 nitrogen and oxygen atoms in total. The summed E-state index contributed by atoms with van der Waals surface area (Å²) in [5, 5.41) is 18.2. The van der Waals surface area contributed by atoms with Crippen LogP contribution < -0.4 is 5.32 Å². The van der Waals surface area contributed by atoms with E-state index < -0.39 is 4.92 Å². The largest absolute Gasteiger partial charge is 0.358 e. The van der Waals surface area contributed by atoms with Crippen LogP contribution in [-0.4, -0.2) is 25.0 Å². The molecule has 0 aliphatic heterocycles. The highest BCUT2D eigenvalue weighted by Gasteiger charge is 2.24. The standard InChI is InChI=1S/C17H18N6O3/c1-10(2)15(20-14-5-4-13(23(24)25)11(3)19-14)17-21-16(22-26-17)12-6-8-18-9-7-12/h4-10,15H,1-3H3,(H,19,20). The summed E-state index contributed by atoms with van der Waals surface area (Å²) in [4.78, 5) is 23.2. The first-order valence-corrected chi connectivity index (χ1v) is 8.08. The molecule has 9 heteroatoms. The molecule has 3 aromatic heterocycles. The van der Waals surface area contributed by atoms with Gasteiger partial charge in [-0.1, -0.05) is 19.0 Å². The van der Waals surface area contributed by atoms with E-state index >= 15 is 0 Å². The highest BCUT2D eigenvalue weighted by atomic mass is 16.6. The fraction of sp³-hybridized carbons (Fsp3) is 0.294. The van der Waals surface area contributed by atoms with Crippen LogP contribution in [0.25, 0.3) is 11.4 Å². The monoisotopic (exact) mass is 354 g/mol. The first-order chi connectivity index (χ1) is 12.5. The number of hydrogen-bond donors (Lipinski definition) is 1. The minimum atomic E-state index is -0.453. The van der Waals surface area contributed by atoms with Gasteiger partial charge in [0.15, 0.2) is 0 Å². The van der Waals surface area contributed by atoms with Crippen molar-refractivity contribution in [1.29, 1.82) is 0 Å². The minimum Gasteiger partial charge on any atom is -0.358 e. The molecule has 0 saturated heterocycles. The molecule has 0 aliphatic carbocycles. The average Bonchev–Trinajstić information content (AvgIpc) is 3.09. The number of anilines is 1. The van der Waals surface area contributed by atoms with E-state index in [0.717, 1.165) is 5.56 Å². The van der Waals surface area contributed by atoms with Crippen molar-refractivity contribution >= 4 is 11.5 Å². The van der Waals surface area contributed by atoms with Gasteiger partial charge in [-0.2, -0.15) is 4.98 Å². The number of aromatic nitrogens is 4. The molecule has 0 aliphatic rings.